The van der Waals surface area contributed by atoms with Gasteiger partial charge in [-0.05, 0) is 49.4 Å². The van der Waals surface area contributed by atoms with Gasteiger partial charge in [-0.3, -0.25) is 28.2 Å². The molecule has 0 fully saturated rings. The third-order valence-corrected chi connectivity index (χ3v) is 7.28. The monoisotopic (exact) mass is 540 g/mol. The molecule has 0 aliphatic rings. The first-order valence-electron chi connectivity index (χ1n) is 11.0. The standard InChI is InChI=1S/C23H21ClN8O4S/c1-13(17-9-8-16(12-26-17)37(25,35)36)31-21-19(22(33)29(2)23(31)34)32(15-6-4-14(24)5-7-15)20(28-21)18-10-11-27-30(18)3/h4-13H,1-3H3,(H2,25,35,36)/t13-/m0/s1. The van der Waals surface area contributed by atoms with Crippen molar-refractivity contribution in [3.8, 4) is 17.2 Å². The number of primary sulfonamides is 1. The lowest BCUT2D eigenvalue weighted by molar-refractivity contribution is 0.566. The van der Waals surface area contributed by atoms with E-state index < -0.39 is 27.3 Å². The van der Waals surface area contributed by atoms with Gasteiger partial charge in [-0.1, -0.05) is 11.6 Å². The Morgan fingerprint density at radius 3 is 2.30 bits per heavy atom. The van der Waals surface area contributed by atoms with Crippen molar-refractivity contribution < 1.29 is 8.42 Å². The Hall–Kier alpha value is -4.07. The Labute approximate surface area is 215 Å². The lowest BCUT2D eigenvalue weighted by Gasteiger charge is -2.17. The van der Waals surface area contributed by atoms with Crippen molar-refractivity contribution in [1.29, 1.82) is 0 Å². The van der Waals surface area contributed by atoms with Crippen LogP contribution in [0.1, 0.15) is 18.7 Å². The Bertz CT molecular complexity index is 1880. The van der Waals surface area contributed by atoms with E-state index in [4.69, 9.17) is 21.7 Å². The van der Waals surface area contributed by atoms with Crippen molar-refractivity contribution >= 4 is 32.8 Å². The zero-order valence-corrected chi connectivity index (χ0v) is 21.5. The molecule has 0 saturated heterocycles. The summed E-state index contributed by atoms with van der Waals surface area (Å²) in [6.07, 6.45) is 2.73. The van der Waals surface area contributed by atoms with Crippen LogP contribution in [0.4, 0.5) is 0 Å². The Morgan fingerprint density at radius 1 is 1.03 bits per heavy atom. The van der Waals surface area contributed by atoms with E-state index in [-0.39, 0.29) is 16.1 Å². The smallest absolute Gasteiger partial charge is 0.285 e. The molecule has 0 aliphatic heterocycles. The normalized spacial score (nSPS) is 12.8. The molecule has 14 heteroatoms. The second-order valence-corrected chi connectivity index (χ2v) is 10.4. The van der Waals surface area contributed by atoms with Crippen LogP contribution in [0.15, 0.2) is 69.3 Å². The van der Waals surface area contributed by atoms with Gasteiger partial charge in [0.1, 0.15) is 10.6 Å². The highest BCUT2D eigenvalue weighted by atomic mass is 35.5. The molecule has 2 N–H and O–H groups in total. The van der Waals surface area contributed by atoms with Gasteiger partial charge in [-0.2, -0.15) is 5.10 Å². The number of aryl methyl sites for hydroxylation is 1. The summed E-state index contributed by atoms with van der Waals surface area (Å²) in [5.74, 6) is 0.388. The molecule has 0 saturated carbocycles. The number of hydrogen-bond acceptors (Lipinski definition) is 7. The molecule has 4 aromatic heterocycles. The van der Waals surface area contributed by atoms with Crippen LogP contribution in [0.5, 0.6) is 0 Å². The molecule has 1 aromatic carbocycles. The molecule has 0 amide bonds. The van der Waals surface area contributed by atoms with Crippen LogP contribution >= 0.6 is 11.6 Å². The van der Waals surface area contributed by atoms with Crippen molar-refractivity contribution in [3.05, 3.63) is 86.4 Å². The maximum atomic E-state index is 13.5. The zero-order valence-electron chi connectivity index (χ0n) is 19.9. The molecule has 4 heterocycles. The maximum absolute atomic E-state index is 13.5. The Balaban J connectivity index is 1.85. The molecule has 0 unspecified atom stereocenters. The lowest BCUT2D eigenvalue weighted by atomic mass is 10.2. The van der Waals surface area contributed by atoms with E-state index in [1.165, 1.54) is 23.7 Å². The molecule has 0 aliphatic carbocycles. The molecule has 37 heavy (non-hydrogen) atoms. The quantitative estimate of drug-likeness (QED) is 0.355. The number of sulfonamides is 1. The largest absolute Gasteiger partial charge is 0.333 e. The van der Waals surface area contributed by atoms with E-state index >= 15 is 0 Å². The van der Waals surface area contributed by atoms with Crippen LogP contribution < -0.4 is 16.4 Å². The number of fused-ring (bicyclic) bond motifs is 1. The second-order valence-electron chi connectivity index (χ2n) is 8.42. The lowest BCUT2D eigenvalue weighted by Crippen LogP contribution is -2.40. The van der Waals surface area contributed by atoms with Crippen molar-refractivity contribution in [2.75, 3.05) is 0 Å². The molecule has 5 rings (SSSR count). The van der Waals surface area contributed by atoms with Crippen LogP contribution in [-0.4, -0.2) is 41.9 Å². The second kappa shape index (κ2) is 8.80. The summed E-state index contributed by atoms with van der Waals surface area (Å²) in [6.45, 7) is 1.70. The van der Waals surface area contributed by atoms with E-state index in [0.29, 0.717) is 27.9 Å². The van der Waals surface area contributed by atoms with Crippen LogP contribution in [0.25, 0.3) is 28.4 Å². The Kier molecular flexibility index (Phi) is 5.85. The topological polar surface area (TPSA) is 153 Å². The van der Waals surface area contributed by atoms with Crippen LogP contribution in [0.2, 0.25) is 5.02 Å². The molecule has 5 aromatic rings. The number of benzene rings is 1. The van der Waals surface area contributed by atoms with Gasteiger partial charge in [0.05, 0.1) is 11.7 Å². The van der Waals surface area contributed by atoms with E-state index in [2.05, 4.69) is 10.1 Å². The number of hydrogen-bond donors (Lipinski definition) is 1. The van der Waals surface area contributed by atoms with Crippen molar-refractivity contribution in [2.24, 2.45) is 19.2 Å². The molecular weight excluding hydrogens is 520 g/mol. The van der Waals surface area contributed by atoms with Gasteiger partial charge in [-0.25, -0.2) is 23.3 Å². The minimum atomic E-state index is -3.94. The van der Waals surface area contributed by atoms with Crippen molar-refractivity contribution in [2.45, 2.75) is 17.9 Å². The molecule has 190 valence electrons. The summed E-state index contributed by atoms with van der Waals surface area (Å²) >= 11 is 6.10. The number of halogens is 1. The molecule has 12 nitrogen and oxygen atoms in total. The van der Waals surface area contributed by atoms with Crippen LogP contribution in [0.3, 0.4) is 0 Å². The summed E-state index contributed by atoms with van der Waals surface area (Å²) in [4.78, 5) is 35.7. The summed E-state index contributed by atoms with van der Waals surface area (Å²) in [5, 5.41) is 9.92. The van der Waals surface area contributed by atoms with E-state index in [0.717, 1.165) is 10.8 Å². The first kappa shape index (κ1) is 24.6. The highest BCUT2D eigenvalue weighted by Crippen LogP contribution is 2.29. The van der Waals surface area contributed by atoms with Crippen LogP contribution in [-0.2, 0) is 24.1 Å². The SMILES string of the molecule is C[C@@H](c1ccc(S(N)(=O)=O)cn1)n1c(=O)n(C)c(=O)c2c1nc(-c1ccnn1C)n2-c1ccc(Cl)cc1. The minimum absolute atomic E-state index is 0.129. The molecule has 0 spiro atoms. The van der Waals surface area contributed by atoms with Crippen LogP contribution in [0, 0.1) is 0 Å². The van der Waals surface area contributed by atoms with Gasteiger partial charge in [0, 0.05) is 37.2 Å². The molecule has 0 bridgehead atoms. The number of aromatic nitrogens is 7. The predicted octanol–water partition coefficient (Wildman–Crippen LogP) is 1.59. The van der Waals surface area contributed by atoms with Gasteiger partial charge in [0.15, 0.2) is 17.0 Å². The summed E-state index contributed by atoms with van der Waals surface area (Å²) in [7, 11) is -0.816. The third-order valence-electron chi connectivity index (χ3n) is 6.13. The minimum Gasteiger partial charge on any atom is -0.285 e. The van der Waals surface area contributed by atoms with E-state index in [9.17, 15) is 18.0 Å². The number of rotatable bonds is 5. The van der Waals surface area contributed by atoms with Gasteiger partial charge in [-0.15, -0.1) is 0 Å². The Morgan fingerprint density at radius 2 is 1.73 bits per heavy atom. The fraction of sp³-hybridized carbons (Fsp3) is 0.174. The predicted molar refractivity (Wildman–Crippen MR) is 137 cm³/mol. The highest BCUT2D eigenvalue weighted by Gasteiger charge is 2.26. The van der Waals surface area contributed by atoms with E-state index in [1.54, 1.807) is 59.7 Å². The van der Waals surface area contributed by atoms with Crippen molar-refractivity contribution in [1.82, 2.24) is 33.4 Å². The number of nitrogens with two attached hydrogens (primary N) is 1. The maximum Gasteiger partial charge on any atom is 0.333 e. The van der Waals surface area contributed by atoms with Gasteiger partial charge < -0.3 is 0 Å². The summed E-state index contributed by atoms with van der Waals surface area (Å²) in [5.41, 5.74) is 0.718. The number of pyridine rings is 1. The summed E-state index contributed by atoms with van der Waals surface area (Å²) in [6, 6.07) is 10.7. The number of nitrogens with zero attached hydrogens (tertiary/aromatic N) is 7. The van der Waals surface area contributed by atoms with Gasteiger partial charge in [0.2, 0.25) is 10.0 Å². The fourth-order valence-corrected chi connectivity index (χ4v) is 4.74. The van der Waals surface area contributed by atoms with Gasteiger partial charge >= 0.3 is 5.69 Å². The third kappa shape index (κ3) is 4.06. The summed E-state index contributed by atoms with van der Waals surface area (Å²) < 4.78 is 28.9. The average Bonchev–Trinajstić information content (AvgIpc) is 3.46. The molecule has 1 atom stereocenters. The highest BCUT2D eigenvalue weighted by molar-refractivity contribution is 7.89. The first-order chi connectivity index (χ1) is 17.5. The van der Waals surface area contributed by atoms with E-state index in [1.807, 2.05) is 0 Å². The molecular formula is C23H21ClN8O4S. The molecule has 0 radical (unpaired) electrons. The average molecular weight is 541 g/mol. The number of imidazole rings is 1. The first-order valence-corrected chi connectivity index (χ1v) is 12.9. The van der Waals surface area contributed by atoms with Gasteiger partial charge in [0.25, 0.3) is 5.56 Å². The van der Waals surface area contributed by atoms with Crippen molar-refractivity contribution in [3.63, 3.8) is 0 Å². The zero-order chi connectivity index (χ0) is 26.6. The fourth-order valence-electron chi connectivity index (χ4n) is 4.16.